The van der Waals surface area contributed by atoms with Crippen LogP contribution in [0.25, 0.3) is 0 Å². The molecule has 0 aliphatic heterocycles. The molecule has 446 valence electrons. The summed E-state index contributed by atoms with van der Waals surface area (Å²) in [5.41, 5.74) is 22.0. The van der Waals surface area contributed by atoms with Crippen molar-refractivity contribution in [2.75, 3.05) is 13.1 Å². The second kappa shape index (κ2) is 36.0. The molecule has 1 aromatic carbocycles. The van der Waals surface area contributed by atoms with E-state index < -0.39 is 182 Å². The molecule has 0 fully saturated rings. The van der Waals surface area contributed by atoms with Gasteiger partial charge in [-0.1, -0.05) is 64.4 Å². The number of unbranched alkanes of at least 4 members (excludes halogenated alkanes) is 1. The van der Waals surface area contributed by atoms with Gasteiger partial charge >= 0.3 is 17.9 Å². The molecule has 1 aromatic rings. The van der Waals surface area contributed by atoms with E-state index in [-0.39, 0.29) is 44.6 Å². The SMILES string of the molecule is CC[C@H](C)[C@H](NC(=O)[C@H](CC(=O)O)NC(=O)[C@H](CC(N)=O)NC(=O)[C@H](CC(C)C)NC(=O)CN)C(=O)N[C@@H](Cc1ccccc1)C(=O)N[C@@H](CCC(=O)O)C(=O)N[C@@H](C)C(=O)N[C@@H](CCC(N)=O)C(=O)N[C@@H](CCCCN)C(=O)O. The third-order valence-electron chi connectivity index (χ3n) is 12.2. The van der Waals surface area contributed by atoms with Crippen molar-refractivity contribution in [2.45, 2.75) is 166 Å². The summed E-state index contributed by atoms with van der Waals surface area (Å²) in [5, 5.41) is 50.2. The predicted octanol–water partition coefficient (Wildman–Crippen LogP) is -4.64. The average molecular weight is 1130 g/mol. The van der Waals surface area contributed by atoms with E-state index in [1.165, 1.54) is 13.8 Å². The zero-order chi connectivity index (χ0) is 60.8. The molecule has 0 saturated carbocycles. The highest BCUT2D eigenvalue weighted by atomic mass is 16.4. The van der Waals surface area contributed by atoms with Crippen LogP contribution in [0.5, 0.6) is 0 Å². The Morgan fingerprint density at radius 1 is 0.487 bits per heavy atom. The Morgan fingerprint density at radius 3 is 1.49 bits per heavy atom. The van der Waals surface area contributed by atoms with Gasteiger partial charge < -0.3 is 86.1 Å². The maximum absolute atomic E-state index is 14.3. The maximum atomic E-state index is 14.3. The van der Waals surface area contributed by atoms with E-state index in [2.05, 4.69) is 47.9 Å². The lowest BCUT2D eigenvalue weighted by Crippen LogP contribution is -2.61. The Morgan fingerprint density at radius 2 is 0.975 bits per heavy atom. The van der Waals surface area contributed by atoms with Gasteiger partial charge in [0.05, 0.1) is 19.4 Å². The monoisotopic (exact) mass is 1130 g/mol. The summed E-state index contributed by atoms with van der Waals surface area (Å²) in [6.07, 6.45) is -3.31. The average Bonchev–Trinajstić information content (AvgIpc) is 3.38. The Kier molecular flexibility index (Phi) is 31.4. The fraction of sp³-hybridized carbons (Fsp3) is 0.600. The standard InChI is InChI=1S/C50H79N13O17/c1-6-26(4)41(63-48(77)35(23-40(69)70)61-47(76)34(22-37(54)65)60-45(74)32(20-25(2)3)56-38(66)24-52)49(78)62-33(21-28-12-8-7-9-13-28)46(75)58-30(16-18-39(67)68)43(72)55-27(5)42(71)57-29(15-17-36(53)64)44(73)59-31(50(79)80)14-10-11-19-51/h7-9,12-13,25-27,29-35,41H,6,10-11,14-24,51-52H2,1-5H3,(H2,53,64)(H2,54,65)(H,55,72)(H,56,66)(H,57,71)(H,58,75)(H,59,73)(H,60,74)(H,61,76)(H,62,78)(H,63,77)(H,67,68)(H,69,70)(H,79,80)/t26-,27-,29-,30-,31-,32-,33-,34-,35-,41-/m0/s1. The lowest BCUT2D eigenvalue weighted by Gasteiger charge is -2.29. The van der Waals surface area contributed by atoms with Crippen LogP contribution in [0, 0.1) is 11.8 Å². The molecule has 80 heavy (non-hydrogen) atoms. The van der Waals surface area contributed by atoms with Gasteiger partial charge in [0.2, 0.25) is 65.0 Å². The van der Waals surface area contributed by atoms with E-state index in [1.54, 1.807) is 51.1 Å². The van der Waals surface area contributed by atoms with E-state index in [0.717, 1.165) is 0 Å². The number of primary amides is 2. The summed E-state index contributed by atoms with van der Waals surface area (Å²) >= 11 is 0. The van der Waals surface area contributed by atoms with Gasteiger partial charge in [-0.25, -0.2) is 4.79 Å². The molecule has 0 saturated heterocycles. The molecular formula is C50H79N13O17. The van der Waals surface area contributed by atoms with Crippen molar-refractivity contribution in [3.63, 3.8) is 0 Å². The highest BCUT2D eigenvalue weighted by Crippen LogP contribution is 2.13. The lowest BCUT2D eigenvalue weighted by molar-refractivity contribution is -0.143. The summed E-state index contributed by atoms with van der Waals surface area (Å²) in [7, 11) is 0. The van der Waals surface area contributed by atoms with E-state index >= 15 is 0 Å². The Balaban J connectivity index is 3.56. The first-order valence-corrected chi connectivity index (χ1v) is 25.9. The first kappa shape index (κ1) is 69.7. The lowest BCUT2D eigenvalue weighted by atomic mass is 9.96. The highest BCUT2D eigenvalue weighted by molar-refractivity contribution is 6.00. The van der Waals surface area contributed by atoms with Crippen LogP contribution in [-0.2, 0) is 73.5 Å². The second-order valence-corrected chi connectivity index (χ2v) is 19.4. The molecule has 0 unspecified atom stereocenters. The number of hydrogen-bond acceptors (Lipinski definition) is 16. The van der Waals surface area contributed by atoms with Crippen molar-refractivity contribution < 1.29 is 82.4 Å². The fourth-order valence-electron chi connectivity index (χ4n) is 7.63. The van der Waals surface area contributed by atoms with Gasteiger partial charge in [-0.05, 0) is 69.4 Å². The van der Waals surface area contributed by atoms with Crippen LogP contribution < -0.4 is 70.8 Å². The molecule has 11 amide bonds. The molecule has 0 aromatic heterocycles. The van der Waals surface area contributed by atoms with Gasteiger partial charge in [-0.15, -0.1) is 0 Å². The quantitative estimate of drug-likeness (QED) is 0.0276. The van der Waals surface area contributed by atoms with Crippen molar-refractivity contribution in [3.05, 3.63) is 35.9 Å². The van der Waals surface area contributed by atoms with Crippen LogP contribution in [0.1, 0.15) is 111 Å². The smallest absolute Gasteiger partial charge is 0.326 e. The molecular weight excluding hydrogens is 1050 g/mol. The molecule has 0 radical (unpaired) electrons. The number of amides is 11. The topological polar surface area (TPSA) is 512 Å². The molecule has 30 heteroatoms. The van der Waals surface area contributed by atoms with Crippen LogP contribution in [0.4, 0.5) is 0 Å². The number of nitrogens with two attached hydrogens (primary N) is 4. The van der Waals surface area contributed by atoms with Gasteiger partial charge in [0.15, 0.2) is 0 Å². The number of carboxylic acids is 3. The molecule has 20 N–H and O–H groups in total. The van der Waals surface area contributed by atoms with Crippen LogP contribution in [0.15, 0.2) is 30.3 Å². The number of hydrogen-bond donors (Lipinski definition) is 16. The third-order valence-corrected chi connectivity index (χ3v) is 12.2. The number of aliphatic carboxylic acids is 3. The highest BCUT2D eigenvalue weighted by Gasteiger charge is 2.37. The van der Waals surface area contributed by atoms with Crippen molar-refractivity contribution >= 4 is 82.9 Å². The minimum atomic E-state index is -1.98. The Hall–Kier alpha value is -8.28. The van der Waals surface area contributed by atoms with Gasteiger partial charge in [0, 0.05) is 19.3 Å². The number of carboxylic acid groups (broad SMARTS) is 3. The molecule has 0 aliphatic carbocycles. The summed E-state index contributed by atoms with van der Waals surface area (Å²) in [6, 6.07) is -6.34. The van der Waals surface area contributed by atoms with Crippen molar-refractivity contribution in [3.8, 4) is 0 Å². The second-order valence-electron chi connectivity index (χ2n) is 19.4. The molecule has 0 bridgehead atoms. The third kappa shape index (κ3) is 26.9. The zero-order valence-electron chi connectivity index (χ0n) is 45.5. The van der Waals surface area contributed by atoms with Crippen LogP contribution in [0.3, 0.4) is 0 Å². The van der Waals surface area contributed by atoms with Gasteiger partial charge in [-0.2, -0.15) is 0 Å². The fourth-order valence-corrected chi connectivity index (χ4v) is 7.63. The zero-order valence-corrected chi connectivity index (χ0v) is 45.5. The van der Waals surface area contributed by atoms with Crippen molar-refractivity contribution in [1.82, 2.24) is 47.9 Å². The van der Waals surface area contributed by atoms with Gasteiger partial charge in [0.25, 0.3) is 0 Å². The van der Waals surface area contributed by atoms with E-state index in [4.69, 9.17) is 22.9 Å². The number of benzene rings is 1. The number of nitrogens with one attached hydrogen (secondary N) is 9. The molecule has 0 spiro atoms. The molecule has 30 nitrogen and oxygen atoms in total. The number of carbonyl (C=O) groups excluding carboxylic acids is 11. The molecule has 1 rings (SSSR count). The summed E-state index contributed by atoms with van der Waals surface area (Å²) in [5.74, 6) is -16.7. The number of carbonyl (C=O) groups is 14. The Labute approximate surface area is 461 Å². The molecule has 0 aliphatic rings. The van der Waals surface area contributed by atoms with E-state index in [9.17, 15) is 82.4 Å². The van der Waals surface area contributed by atoms with Crippen molar-refractivity contribution in [1.29, 1.82) is 0 Å². The molecule has 0 heterocycles. The largest absolute Gasteiger partial charge is 0.481 e. The van der Waals surface area contributed by atoms with E-state index in [0.29, 0.717) is 18.4 Å². The predicted molar refractivity (Wildman–Crippen MR) is 283 cm³/mol. The van der Waals surface area contributed by atoms with Crippen LogP contribution in [0.2, 0.25) is 0 Å². The van der Waals surface area contributed by atoms with Gasteiger partial charge in [0.1, 0.15) is 54.4 Å². The summed E-state index contributed by atoms with van der Waals surface area (Å²) < 4.78 is 0. The van der Waals surface area contributed by atoms with Crippen LogP contribution in [-0.4, -0.2) is 166 Å². The first-order valence-electron chi connectivity index (χ1n) is 25.9. The van der Waals surface area contributed by atoms with Gasteiger partial charge in [-0.3, -0.25) is 62.3 Å². The first-order chi connectivity index (χ1) is 37.5. The Bertz CT molecular complexity index is 2340. The van der Waals surface area contributed by atoms with Crippen LogP contribution >= 0.6 is 0 Å². The molecule has 10 atom stereocenters. The maximum Gasteiger partial charge on any atom is 0.326 e. The minimum Gasteiger partial charge on any atom is -0.481 e. The minimum absolute atomic E-state index is 0.0142. The normalized spacial score (nSPS) is 14.7. The van der Waals surface area contributed by atoms with Crippen molar-refractivity contribution in [2.24, 2.45) is 34.8 Å². The number of rotatable bonds is 39. The summed E-state index contributed by atoms with van der Waals surface area (Å²) in [6.45, 7) is 7.56. The van der Waals surface area contributed by atoms with E-state index in [1.807, 2.05) is 0 Å². The summed E-state index contributed by atoms with van der Waals surface area (Å²) in [4.78, 5) is 182.